The van der Waals surface area contributed by atoms with Crippen LogP contribution in [-0.4, -0.2) is 44.1 Å². The normalized spacial score (nSPS) is 10.2. The van der Waals surface area contributed by atoms with Crippen LogP contribution in [0, 0.1) is 0 Å². The quantitative estimate of drug-likeness (QED) is 0.846. The Balaban J connectivity index is 2.14. The van der Waals surface area contributed by atoms with Gasteiger partial charge < -0.3 is 10.0 Å². The average Bonchev–Trinajstić information content (AvgIpc) is 2.90. The predicted molar refractivity (Wildman–Crippen MR) is 65.6 cm³/mol. The van der Waals surface area contributed by atoms with Crippen molar-refractivity contribution in [1.82, 2.24) is 20.1 Å². The number of hydrogen-bond acceptors (Lipinski definition) is 4. The van der Waals surface area contributed by atoms with Crippen LogP contribution in [0.3, 0.4) is 0 Å². The third-order valence-electron chi connectivity index (χ3n) is 2.55. The average molecular weight is 260 g/mol. The highest BCUT2D eigenvalue weighted by Gasteiger charge is 2.15. The van der Waals surface area contributed by atoms with Gasteiger partial charge in [0.1, 0.15) is 5.69 Å². The van der Waals surface area contributed by atoms with E-state index < -0.39 is 5.97 Å². The van der Waals surface area contributed by atoms with Gasteiger partial charge in [0.2, 0.25) is 0 Å². The second-order valence-corrected chi connectivity index (χ2v) is 4.00. The van der Waals surface area contributed by atoms with E-state index in [-0.39, 0.29) is 11.6 Å². The molecule has 0 aliphatic heterocycles. The summed E-state index contributed by atoms with van der Waals surface area (Å²) in [6, 6.07) is 2.75. The number of hydrogen-bond donors (Lipinski definition) is 2. The zero-order valence-electron chi connectivity index (χ0n) is 10.2. The van der Waals surface area contributed by atoms with Gasteiger partial charge in [-0.1, -0.05) is 0 Å². The summed E-state index contributed by atoms with van der Waals surface area (Å²) in [6.07, 6.45) is 4.63. The summed E-state index contributed by atoms with van der Waals surface area (Å²) in [4.78, 5) is 28.1. The first-order valence-electron chi connectivity index (χ1n) is 5.50. The lowest BCUT2D eigenvalue weighted by molar-refractivity contribution is 0.0690. The van der Waals surface area contributed by atoms with E-state index in [0.717, 1.165) is 5.56 Å². The van der Waals surface area contributed by atoms with E-state index in [2.05, 4.69) is 15.2 Å². The molecule has 0 spiro atoms. The van der Waals surface area contributed by atoms with Gasteiger partial charge in [0.25, 0.3) is 5.91 Å². The smallest absolute Gasteiger partial charge is 0.354 e. The molecule has 0 saturated carbocycles. The molecule has 0 unspecified atom stereocenters. The first-order chi connectivity index (χ1) is 9.08. The van der Waals surface area contributed by atoms with Crippen molar-refractivity contribution in [1.29, 1.82) is 0 Å². The van der Waals surface area contributed by atoms with Crippen molar-refractivity contribution in [2.75, 3.05) is 7.05 Å². The van der Waals surface area contributed by atoms with Gasteiger partial charge in [0.15, 0.2) is 0 Å². The van der Waals surface area contributed by atoms with Crippen molar-refractivity contribution in [3.63, 3.8) is 0 Å². The summed E-state index contributed by atoms with van der Waals surface area (Å²) in [5, 5.41) is 15.3. The molecule has 0 atom stereocenters. The van der Waals surface area contributed by atoms with Crippen molar-refractivity contribution in [3.05, 3.63) is 47.5 Å². The molecule has 0 aliphatic rings. The molecular formula is C12H12N4O3. The third kappa shape index (κ3) is 2.95. The summed E-state index contributed by atoms with van der Waals surface area (Å²) >= 11 is 0. The van der Waals surface area contributed by atoms with Crippen molar-refractivity contribution in [2.45, 2.75) is 6.54 Å². The van der Waals surface area contributed by atoms with Gasteiger partial charge in [0, 0.05) is 37.1 Å². The summed E-state index contributed by atoms with van der Waals surface area (Å²) < 4.78 is 0. The maximum Gasteiger partial charge on any atom is 0.354 e. The van der Waals surface area contributed by atoms with Gasteiger partial charge in [-0.3, -0.25) is 9.89 Å². The number of carboxylic acid groups (broad SMARTS) is 1. The molecule has 2 rings (SSSR count). The Morgan fingerprint density at radius 3 is 2.89 bits per heavy atom. The summed E-state index contributed by atoms with van der Waals surface area (Å²) in [6.45, 7) is 0.389. The molecule has 2 N–H and O–H groups in total. The fourth-order valence-electron chi connectivity index (χ4n) is 1.61. The molecule has 0 aromatic carbocycles. The van der Waals surface area contributed by atoms with Gasteiger partial charge in [-0.05, 0) is 12.1 Å². The minimum atomic E-state index is -1.16. The lowest BCUT2D eigenvalue weighted by Crippen LogP contribution is -2.26. The summed E-state index contributed by atoms with van der Waals surface area (Å²) in [5.74, 6) is -1.43. The Morgan fingerprint density at radius 1 is 1.47 bits per heavy atom. The minimum Gasteiger partial charge on any atom is -0.477 e. The number of carbonyl (C=O) groups excluding carboxylic acids is 1. The molecule has 0 fully saturated rings. The topological polar surface area (TPSA) is 99.2 Å². The SMILES string of the molecule is CN(Cc1cn[nH]c1)C(=O)c1ccnc(C(=O)O)c1. The van der Waals surface area contributed by atoms with Crippen LogP contribution < -0.4 is 0 Å². The third-order valence-corrected chi connectivity index (χ3v) is 2.55. The largest absolute Gasteiger partial charge is 0.477 e. The number of nitrogens with zero attached hydrogens (tertiary/aromatic N) is 3. The van der Waals surface area contributed by atoms with Crippen LogP contribution in [0.5, 0.6) is 0 Å². The number of H-pyrrole nitrogens is 1. The summed E-state index contributed by atoms with van der Waals surface area (Å²) in [5.41, 5.74) is 1.00. The van der Waals surface area contributed by atoms with E-state index >= 15 is 0 Å². The molecule has 1 amide bonds. The maximum absolute atomic E-state index is 12.1. The highest BCUT2D eigenvalue weighted by Crippen LogP contribution is 2.08. The Hall–Kier alpha value is -2.70. The van der Waals surface area contributed by atoms with E-state index in [1.54, 1.807) is 19.4 Å². The molecule has 0 bridgehead atoms. The molecule has 2 aromatic rings. The predicted octanol–water partition coefficient (Wildman–Crippen LogP) is 0.775. The lowest BCUT2D eigenvalue weighted by Gasteiger charge is -2.16. The number of nitrogens with one attached hydrogen (secondary N) is 1. The number of rotatable bonds is 4. The first kappa shape index (κ1) is 12.7. The molecule has 0 saturated heterocycles. The van der Waals surface area contributed by atoms with Gasteiger partial charge in [0.05, 0.1) is 6.20 Å². The van der Waals surface area contributed by atoms with E-state index in [4.69, 9.17) is 5.11 Å². The molecule has 98 valence electrons. The molecule has 0 aliphatic carbocycles. The van der Waals surface area contributed by atoms with Crippen molar-refractivity contribution >= 4 is 11.9 Å². The molecule has 19 heavy (non-hydrogen) atoms. The molecular weight excluding hydrogens is 248 g/mol. The number of carbonyl (C=O) groups is 2. The van der Waals surface area contributed by atoms with Crippen molar-refractivity contribution < 1.29 is 14.7 Å². The van der Waals surface area contributed by atoms with E-state index in [1.807, 2.05) is 0 Å². The number of aromatic amines is 1. The zero-order chi connectivity index (χ0) is 13.8. The van der Waals surface area contributed by atoms with Crippen LogP contribution in [0.25, 0.3) is 0 Å². The highest BCUT2D eigenvalue weighted by molar-refractivity contribution is 5.96. The minimum absolute atomic E-state index is 0.150. The molecule has 7 nitrogen and oxygen atoms in total. The van der Waals surface area contributed by atoms with Crippen LogP contribution in [0.15, 0.2) is 30.7 Å². The van der Waals surface area contributed by atoms with E-state index in [9.17, 15) is 9.59 Å². The van der Waals surface area contributed by atoms with E-state index in [1.165, 1.54) is 23.2 Å². The maximum atomic E-state index is 12.1. The Labute approximate surface area is 108 Å². The highest BCUT2D eigenvalue weighted by atomic mass is 16.4. The number of aromatic nitrogens is 3. The van der Waals surface area contributed by atoms with Crippen LogP contribution >= 0.6 is 0 Å². The number of carboxylic acids is 1. The van der Waals surface area contributed by atoms with Gasteiger partial charge in [-0.25, -0.2) is 9.78 Å². The first-order valence-corrected chi connectivity index (χ1v) is 5.50. The van der Waals surface area contributed by atoms with Crippen molar-refractivity contribution in [2.24, 2.45) is 0 Å². The zero-order valence-corrected chi connectivity index (χ0v) is 10.2. The van der Waals surface area contributed by atoms with Gasteiger partial charge in [-0.15, -0.1) is 0 Å². The van der Waals surface area contributed by atoms with Crippen LogP contribution in [-0.2, 0) is 6.54 Å². The van der Waals surface area contributed by atoms with Crippen LogP contribution in [0.4, 0.5) is 0 Å². The lowest BCUT2D eigenvalue weighted by atomic mass is 10.2. The second-order valence-electron chi connectivity index (χ2n) is 4.00. The number of pyridine rings is 1. The number of aromatic carboxylic acids is 1. The van der Waals surface area contributed by atoms with Crippen LogP contribution in [0.2, 0.25) is 0 Å². The van der Waals surface area contributed by atoms with Crippen LogP contribution in [0.1, 0.15) is 26.4 Å². The fraction of sp³-hybridized carbons (Fsp3) is 0.167. The Bertz CT molecular complexity index is 595. The molecule has 7 heteroatoms. The van der Waals surface area contributed by atoms with E-state index in [0.29, 0.717) is 12.1 Å². The second kappa shape index (κ2) is 5.30. The summed E-state index contributed by atoms with van der Waals surface area (Å²) in [7, 11) is 1.64. The monoisotopic (exact) mass is 260 g/mol. The Morgan fingerprint density at radius 2 is 2.26 bits per heavy atom. The standard InChI is InChI=1S/C12H12N4O3/c1-16(7-8-5-14-15-6-8)11(17)9-2-3-13-10(4-9)12(18)19/h2-6H,7H2,1H3,(H,14,15)(H,18,19). The van der Waals surface area contributed by atoms with Gasteiger partial charge >= 0.3 is 5.97 Å². The molecule has 2 aromatic heterocycles. The van der Waals surface area contributed by atoms with Gasteiger partial charge in [-0.2, -0.15) is 5.10 Å². The molecule has 2 heterocycles. The number of amides is 1. The Kier molecular flexibility index (Phi) is 3.56. The molecule has 0 radical (unpaired) electrons. The van der Waals surface area contributed by atoms with Crippen molar-refractivity contribution in [3.8, 4) is 0 Å². The fourth-order valence-corrected chi connectivity index (χ4v) is 1.61.